The van der Waals surface area contributed by atoms with Crippen LogP contribution >= 0.6 is 0 Å². The molecule has 1 unspecified atom stereocenters. The van der Waals surface area contributed by atoms with Crippen molar-refractivity contribution in [3.8, 4) is 0 Å². The zero-order valence-corrected chi connectivity index (χ0v) is 12.7. The van der Waals surface area contributed by atoms with Gasteiger partial charge < -0.3 is 0 Å². The molecule has 1 atom stereocenters. The Hall–Kier alpha value is -1.64. The first-order chi connectivity index (χ1) is 10.3. The van der Waals surface area contributed by atoms with Crippen molar-refractivity contribution >= 4 is 0 Å². The maximum Gasteiger partial charge on any atom is 0.0500 e. The van der Waals surface area contributed by atoms with Gasteiger partial charge in [0.1, 0.15) is 0 Å². The van der Waals surface area contributed by atoms with E-state index in [0.29, 0.717) is 0 Å². The van der Waals surface area contributed by atoms with Crippen molar-refractivity contribution in [2.45, 2.75) is 44.6 Å². The lowest BCUT2D eigenvalue weighted by molar-refractivity contribution is 0.419. The number of nitrogens with two attached hydrogens (primary N) is 1. The first-order valence-corrected chi connectivity index (χ1v) is 7.88. The van der Waals surface area contributed by atoms with E-state index < -0.39 is 0 Å². The molecular weight excluding hydrogens is 256 g/mol. The Bertz CT molecular complexity index is 602. The molecule has 21 heavy (non-hydrogen) atoms. The summed E-state index contributed by atoms with van der Waals surface area (Å²) in [7, 11) is 0. The van der Waals surface area contributed by atoms with Crippen LogP contribution in [0.3, 0.4) is 0 Å². The number of hydrazine groups is 1. The Balaban J connectivity index is 1.81. The van der Waals surface area contributed by atoms with Crippen LogP contribution in [0.4, 0.5) is 0 Å². The molecule has 3 rings (SSSR count). The van der Waals surface area contributed by atoms with Gasteiger partial charge >= 0.3 is 0 Å². The van der Waals surface area contributed by atoms with Gasteiger partial charge in [0, 0.05) is 6.04 Å². The summed E-state index contributed by atoms with van der Waals surface area (Å²) in [5.74, 6) is 6.59. The molecule has 1 saturated carbocycles. The van der Waals surface area contributed by atoms with Crippen LogP contribution in [0.25, 0.3) is 0 Å². The third-order valence-corrected chi connectivity index (χ3v) is 4.78. The molecule has 0 aliphatic heterocycles. The molecule has 1 aliphatic rings. The number of nitrogens with one attached hydrogen (secondary N) is 1. The average molecular weight is 280 g/mol. The van der Waals surface area contributed by atoms with Crippen LogP contribution in [0, 0.1) is 6.92 Å². The number of aryl methyl sites for hydroxylation is 1. The largest absolute Gasteiger partial charge is 0.271 e. The Morgan fingerprint density at radius 2 is 1.95 bits per heavy atom. The van der Waals surface area contributed by atoms with Crippen LogP contribution < -0.4 is 11.3 Å². The van der Waals surface area contributed by atoms with E-state index in [1.165, 1.54) is 41.5 Å². The topological polar surface area (TPSA) is 38.0 Å². The number of rotatable bonds is 5. The van der Waals surface area contributed by atoms with E-state index in [4.69, 9.17) is 5.84 Å². The van der Waals surface area contributed by atoms with Crippen molar-refractivity contribution in [2.24, 2.45) is 5.84 Å². The molecule has 3 N–H and O–H groups in total. The predicted octanol–water partition coefficient (Wildman–Crippen LogP) is 4.01. The molecule has 0 bridgehead atoms. The Labute approximate surface area is 127 Å². The highest BCUT2D eigenvalue weighted by Gasteiger charge is 2.20. The van der Waals surface area contributed by atoms with Crippen LogP contribution in [0.15, 0.2) is 48.5 Å². The van der Waals surface area contributed by atoms with Gasteiger partial charge in [-0.25, -0.2) is 0 Å². The summed E-state index contributed by atoms with van der Waals surface area (Å²) in [6.07, 6.45) is 4.97. The molecular formula is C19H24N2. The predicted molar refractivity (Wildman–Crippen MR) is 88.0 cm³/mol. The van der Waals surface area contributed by atoms with Gasteiger partial charge in [-0.2, -0.15) is 0 Å². The SMILES string of the molecule is Cc1ccccc1CC(NN)c1cccc(C2CCC2)c1. The monoisotopic (exact) mass is 280 g/mol. The quantitative estimate of drug-likeness (QED) is 0.641. The summed E-state index contributed by atoms with van der Waals surface area (Å²) in [5, 5.41) is 0. The van der Waals surface area contributed by atoms with Gasteiger partial charge in [-0.05, 0) is 54.4 Å². The fourth-order valence-corrected chi connectivity index (χ4v) is 3.10. The summed E-state index contributed by atoms with van der Waals surface area (Å²) in [4.78, 5) is 0. The van der Waals surface area contributed by atoms with E-state index in [2.05, 4.69) is 60.9 Å². The van der Waals surface area contributed by atoms with E-state index in [0.717, 1.165) is 12.3 Å². The second kappa shape index (κ2) is 6.42. The second-order valence-corrected chi connectivity index (χ2v) is 6.15. The Morgan fingerprint density at radius 1 is 1.14 bits per heavy atom. The molecule has 1 aliphatic carbocycles. The summed E-state index contributed by atoms with van der Waals surface area (Å²) >= 11 is 0. The first kappa shape index (κ1) is 14.3. The minimum Gasteiger partial charge on any atom is -0.271 e. The standard InChI is InChI=1S/C19H24N2/c1-14-6-2-3-7-16(14)13-19(21-20)18-11-5-10-17(12-18)15-8-4-9-15/h2-3,5-7,10-12,15,19,21H,4,8-9,13,20H2,1H3. The normalized spacial score (nSPS) is 16.5. The summed E-state index contributed by atoms with van der Waals surface area (Å²) < 4.78 is 0. The summed E-state index contributed by atoms with van der Waals surface area (Å²) in [6.45, 7) is 2.16. The highest BCUT2D eigenvalue weighted by Crippen LogP contribution is 2.37. The van der Waals surface area contributed by atoms with Gasteiger partial charge in [0.05, 0.1) is 0 Å². The van der Waals surface area contributed by atoms with Crippen molar-refractivity contribution in [3.63, 3.8) is 0 Å². The Morgan fingerprint density at radius 3 is 2.62 bits per heavy atom. The number of hydrogen-bond donors (Lipinski definition) is 2. The minimum atomic E-state index is 0.172. The Kier molecular flexibility index (Phi) is 4.37. The third kappa shape index (κ3) is 3.17. The molecule has 0 aromatic heterocycles. The van der Waals surface area contributed by atoms with Gasteiger partial charge in [-0.3, -0.25) is 11.3 Å². The second-order valence-electron chi connectivity index (χ2n) is 6.15. The van der Waals surface area contributed by atoms with E-state index >= 15 is 0 Å². The molecule has 0 spiro atoms. The summed E-state index contributed by atoms with van der Waals surface area (Å²) in [6, 6.07) is 17.7. The van der Waals surface area contributed by atoms with Crippen LogP contribution in [-0.4, -0.2) is 0 Å². The van der Waals surface area contributed by atoms with Gasteiger partial charge in [0.2, 0.25) is 0 Å². The average Bonchev–Trinajstić information content (AvgIpc) is 2.45. The fourth-order valence-electron chi connectivity index (χ4n) is 3.10. The maximum absolute atomic E-state index is 5.83. The van der Waals surface area contributed by atoms with Gasteiger partial charge in [0.15, 0.2) is 0 Å². The molecule has 1 fully saturated rings. The fraction of sp³-hybridized carbons (Fsp3) is 0.368. The van der Waals surface area contributed by atoms with Gasteiger partial charge in [-0.15, -0.1) is 0 Å². The van der Waals surface area contributed by atoms with Crippen LogP contribution in [0.2, 0.25) is 0 Å². The molecule has 0 heterocycles. The number of hydrogen-bond acceptors (Lipinski definition) is 2. The smallest absolute Gasteiger partial charge is 0.0500 e. The lowest BCUT2D eigenvalue weighted by Gasteiger charge is -2.27. The molecule has 2 aromatic rings. The first-order valence-electron chi connectivity index (χ1n) is 7.88. The van der Waals surface area contributed by atoms with Crippen LogP contribution in [0.1, 0.15) is 53.5 Å². The van der Waals surface area contributed by atoms with E-state index in [9.17, 15) is 0 Å². The highest BCUT2D eigenvalue weighted by atomic mass is 15.2. The van der Waals surface area contributed by atoms with E-state index in [1.54, 1.807) is 0 Å². The number of benzene rings is 2. The van der Waals surface area contributed by atoms with Crippen molar-refractivity contribution < 1.29 is 0 Å². The van der Waals surface area contributed by atoms with Crippen LogP contribution in [0.5, 0.6) is 0 Å². The molecule has 2 heteroatoms. The third-order valence-electron chi connectivity index (χ3n) is 4.78. The molecule has 110 valence electrons. The minimum absolute atomic E-state index is 0.172. The van der Waals surface area contributed by atoms with Crippen molar-refractivity contribution in [1.82, 2.24) is 5.43 Å². The molecule has 0 amide bonds. The molecule has 2 aromatic carbocycles. The summed E-state index contributed by atoms with van der Waals surface area (Å²) in [5.41, 5.74) is 8.45. The lowest BCUT2D eigenvalue weighted by Crippen LogP contribution is -2.30. The lowest BCUT2D eigenvalue weighted by atomic mass is 9.79. The van der Waals surface area contributed by atoms with Crippen molar-refractivity contribution in [2.75, 3.05) is 0 Å². The van der Waals surface area contributed by atoms with Crippen LogP contribution in [-0.2, 0) is 6.42 Å². The molecule has 0 saturated heterocycles. The van der Waals surface area contributed by atoms with Gasteiger partial charge in [-0.1, -0.05) is 55.0 Å². The van der Waals surface area contributed by atoms with Crippen molar-refractivity contribution in [1.29, 1.82) is 0 Å². The highest BCUT2D eigenvalue weighted by molar-refractivity contribution is 5.32. The van der Waals surface area contributed by atoms with Crippen molar-refractivity contribution in [3.05, 3.63) is 70.8 Å². The zero-order valence-electron chi connectivity index (χ0n) is 12.7. The van der Waals surface area contributed by atoms with E-state index in [1.807, 2.05) is 0 Å². The molecule has 2 nitrogen and oxygen atoms in total. The molecule has 0 radical (unpaired) electrons. The zero-order chi connectivity index (χ0) is 14.7. The maximum atomic E-state index is 5.83. The van der Waals surface area contributed by atoms with E-state index in [-0.39, 0.29) is 6.04 Å². The van der Waals surface area contributed by atoms with Gasteiger partial charge in [0.25, 0.3) is 0 Å².